The van der Waals surface area contributed by atoms with E-state index in [1.54, 1.807) is 0 Å². The van der Waals surface area contributed by atoms with E-state index < -0.39 is 0 Å². The van der Waals surface area contributed by atoms with Crippen molar-refractivity contribution in [3.05, 3.63) is 0 Å². The van der Waals surface area contributed by atoms with Crippen LogP contribution in [0.4, 0.5) is 0 Å². The molecule has 0 rings (SSSR count). The monoisotopic (exact) mass is 242 g/mol. The second kappa shape index (κ2) is 285. The fraction of sp³-hybridized carbons (Fsp3) is 1.00. The maximum Gasteiger partial charge on any atom is 2.00 e. The zero-order valence-electron chi connectivity index (χ0n) is 9.72. The fourth-order valence-electron chi connectivity index (χ4n) is 0. The first-order chi connectivity index (χ1) is 0. The topological polar surface area (TPSA) is 186 Å². The normalized spacial score (nSPS) is 0. The average Bonchev–Trinajstić information content (AvgIpc) is 0. The Hall–Kier alpha value is 2.82. The summed E-state index contributed by atoms with van der Waals surface area (Å²) in [6.07, 6.45) is 0. The molecule has 0 aliphatic rings. The van der Waals surface area contributed by atoms with Gasteiger partial charge in [0.25, 0.3) is 0 Å². The van der Waals surface area contributed by atoms with Gasteiger partial charge in [0.1, 0.15) is 0 Å². The quantitative estimate of drug-likeness (QED) is 0.411. The summed E-state index contributed by atoms with van der Waals surface area (Å²) >= 11 is 0. The Morgan fingerprint density at radius 3 is 0.500 bits per heavy atom. The summed E-state index contributed by atoms with van der Waals surface area (Å²) in [6, 6.07) is 0. The van der Waals surface area contributed by atoms with Crippen molar-refractivity contribution in [2.45, 2.75) is 14.9 Å². The van der Waals surface area contributed by atoms with Crippen molar-refractivity contribution in [3.63, 3.8) is 0 Å². The van der Waals surface area contributed by atoms with Gasteiger partial charge in [-0.2, -0.15) is 0 Å². The van der Waals surface area contributed by atoms with Crippen LogP contribution < -0.4 is 0 Å². The van der Waals surface area contributed by atoms with Crippen molar-refractivity contribution in [3.8, 4) is 0 Å². The van der Waals surface area contributed by atoms with Crippen LogP contribution in [0, 0.1) is 0 Å². The van der Waals surface area contributed by atoms with Gasteiger partial charge in [-0.15, -0.1) is 0 Å². The van der Waals surface area contributed by atoms with Gasteiger partial charge in [-0.3, -0.25) is 0 Å². The van der Waals surface area contributed by atoms with Gasteiger partial charge in [-0.05, 0) is 0 Å². The molecule has 10 heteroatoms. The average molecular weight is 243 g/mol. The van der Waals surface area contributed by atoms with Gasteiger partial charge in [0.2, 0.25) is 0 Å². The van der Waals surface area contributed by atoms with Crippen LogP contribution in [0.1, 0.15) is 23.4 Å². The molecule has 0 atom stereocenters. The van der Waals surface area contributed by atoms with Crippen molar-refractivity contribution in [1.29, 1.82) is 0 Å². The molecule has 6 nitrogen and oxygen atoms in total. The Balaban J connectivity index is 0. The predicted octanol–water partition coefficient (Wildman–Crippen LogP) is -2.96. The summed E-state index contributed by atoms with van der Waals surface area (Å²) in [6.45, 7) is 0. The Labute approximate surface area is 147 Å². The second-order valence-corrected chi connectivity index (χ2v) is 0. The first-order valence-corrected chi connectivity index (χ1v) is 0. The first-order valence-electron chi connectivity index (χ1n) is 0. The van der Waals surface area contributed by atoms with Crippen LogP contribution in [-0.2, 0) is 0 Å². The summed E-state index contributed by atoms with van der Waals surface area (Å²) in [5, 5.41) is 0. The summed E-state index contributed by atoms with van der Waals surface area (Å²) in [7, 11) is 0. The van der Waals surface area contributed by atoms with E-state index in [1.807, 2.05) is 0 Å². The van der Waals surface area contributed by atoms with E-state index in [1.165, 1.54) is 0 Å². The van der Waals surface area contributed by atoms with Crippen LogP contribution in [0.25, 0.3) is 0 Å². The summed E-state index contributed by atoms with van der Waals surface area (Å²) in [5.74, 6) is 0. The molecule has 0 fully saturated rings. The molecule has 0 radical (unpaired) electrons. The first kappa shape index (κ1) is 355. The maximum absolute atomic E-state index is 0. The molecular formula is C2H26Mg4O6+2. The third-order valence-electron chi connectivity index (χ3n) is 0. The molecule has 0 aromatic rings. The molecule has 0 heterocycles. The van der Waals surface area contributed by atoms with Crippen molar-refractivity contribution < 1.29 is 41.4 Å². The number of hydrogen-bond donors (Lipinski definition) is 0. The molecule has 12 heavy (non-hydrogen) atoms. The largest absolute Gasteiger partial charge is 2.00 e. The molecule has 76 valence electrons. The van der Waals surface area contributed by atoms with Gasteiger partial charge in [0.15, 0.2) is 0 Å². The molecule has 0 bridgehead atoms. The summed E-state index contributed by atoms with van der Waals surface area (Å²) in [5.41, 5.74) is 0. The van der Waals surface area contributed by atoms with E-state index in [9.17, 15) is 0 Å². The number of rotatable bonds is 0. The number of hydrogen-bond acceptors (Lipinski definition) is 2. The molecule has 0 aromatic heterocycles. The van der Waals surface area contributed by atoms with Gasteiger partial charge < -0.3 is 38.6 Å². The van der Waals surface area contributed by atoms with Crippen molar-refractivity contribution in [2.75, 3.05) is 0 Å². The summed E-state index contributed by atoms with van der Waals surface area (Å²) in [4.78, 5) is 0. The molecule has 0 aliphatic heterocycles. The van der Waals surface area contributed by atoms with Crippen molar-refractivity contribution in [2.24, 2.45) is 0 Å². The molecule has 0 saturated heterocycles. The van der Waals surface area contributed by atoms with Crippen LogP contribution in [-0.4, -0.2) is 125 Å². The Bertz CT molecular complexity index is 34.0. The SMILES string of the molecule is C.C.O.O.O.O.[H-].[H-].[H-].[H-].[HH].[HH].[Mg+2].[Mg+2].[Mg+2].[Mg+2].[OH-].[OH-]. The van der Waals surface area contributed by atoms with Gasteiger partial charge in [0.05, 0.1) is 0 Å². The summed E-state index contributed by atoms with van der Waals surface area (Å²) < 4.78 is 0. The van der Waals surface area contributed by atoms with Gasteiger partial charge in [0, 0.05) is 2.85 Å². The van der Waals surface area contributed by atoms with Crippen LogP contribution in [0.2, 0.25) is 0 Å². The zero-order chi connectivity index (χ0) is 0. The molecule has 0 aliphatic carbocycles. The predicted molar refractivity (Wildman–Crippen MR) is 63.5 cm³/mol. The zero-order valence-corrected chi connectivity index (χ0v) is 11.4. The van der Waals surface area contributed by atoms with Crippen LogP contribution >= 0.6 is 0 Å². The Morgan fingerprint density at radius 2 is 0.500 bits per heavy atom. The standard InChI is InChI=1S/2CH4.4Mg.6H2O.2H2.4H/h2*1H4;;;;;6*1H2;2*1H;;;;/q;;4*+2;;;;;;;;;4*-1/p-2. The Morgan fingerprint density at radius 1 is 0.500 bits per heavy atom. The molecule has 0 aromatic carbocycles. The smallest absolute Gasteiger partial charge is 1.00 e. The van der Waals surface area contributed by atoms with Gasteiger partial charge in [-0.25, -0.2) is 0 Å². The third kappa shape index (κ3) is 225. The van der Waals surface area contributed by atoms with Gasteiger partial charge in [-0.1, -0.05) is 14.9 Å². The van der Waals surface area contributed by atoms with Crippen LogP contribution in [0.3, 0.4) is 0 Å². The van der Waals surface area contributed by atoms with Crippen LogP contribution in [0.15, 0.2) is 0 Å². The van der Waals surface area contributed by atoms with Gasteiger partial charge >= 0.3 is 92.2 Å². The minimum absolute atomic E-state index is 0. The van der Waals surface area contributed by atoms with Crippen LogP contribution in [0.5, 0.6) is 0 Å². The molecule has 0 amide bonds. The van der Waals surface area contributed by atoms with E-state index in [4.69, 9.17) is 0 Å². The molecule has 0 saturated carbocycles. The molecule has 0 unspecified atom stereocenters. The minimum atomic E-state index is 0. The minimum Gasteiger partial charge on any atom is -1.00 e. The van der Waals surface area contributed by atoms with Crippen molar-refractivity contribution in [1.82, 2.24) is 0 Å². The van der Waals surface area contributed by atoms with E-state index in [0.29, 0.717) is 0 Å². The molecule has 0 spiro atoms. The second-order valence-electron chi connectivity index (χ2n) is 0. The van der Waals surface area contributed by atoms with E-state index >= 15 is 0 Å². The fourth-order valence-corrected chi connectivity index (χ4v) is 0. The van der Waals surface area contributed by atoms with E-state index in [0.717, 1.165) is 0 Å². The molecule has 10 N–H and O–H groups in total. The third-order valence-corrected chi connectivity index (χ3v) is 0. The van der Waals surface area contributed by atoms with E-state index in [-0.39, 0.29) is 148 Å². The van der Waals surface area contributed by atoms with E-state index in [2.05, 4.69) is 0 Å². The Kier molecular flexibility index (Phi) is 8430. The maximum atomic E-state index is 0. The van der Waals surface area contributed by atoms with Crippen molar-refractivity contribution >= 4 is 92.2 Å². The molecular weight excluding hydrogens is 217 g/mol.